The molecule has 2 rings (SSSR count). The fraction of sp³-hybridized carbons (Fsp3) is 0.250. The van der Waals surface area contributed by atoms with E-state index in [4.69, 9.17) is 0 Å². The zero-order valence-electron chi connectivity index (χ0n) is 9.59. The highest BCUT2D eigenvalue weighted by Crippen LogP contribution is 2.12. The molecule has 1 N–H and O–H groups in total. The molecule has 0 fully saturated rings. The maximum absolute atomic E-state index is 11.7. The Morgan fingerprint density at radius 1 is 1.33 bits per heavy atom. The summed E-state index contributed by atoms with van der Waals surface area (Å²) in [5.74, 6) is 0.0856. The third kappa shape index (κ3) is 3.04. The summed E-state index contributed by atoms with van der Waals surface area (Å²) in [5, 5.41) is 1.86. The standard InChI is InChI=1S/C12H12N2O3S/c15-9(10-4-2-8-18-10)3-1-6-14-7-5-11(16)13-12(14)17/h2,4-5,7-8H,1,3,6H2,(H,13,16,17). The van der Waals surface area contributed by atoms with Crippen LogP contribution < -0.4 is 11.2 Å². The number of Topliss-reactive ketones (excluding diaryl/α,β-unsaturated/α-hetero) is 1. The molecule has 2 aromatic rings. The minimum atomic E-state index is -0.439. The zero-order chi connectivity index (χ0) is 13.0. The number of nitrogens with zero attached hydrogens (tertiary/aromatic N) is 1. The molecule has 6 heteroatoms. The molecule has 0 aliphatic heterocycles. The van der Waals surface area contributed by atoms with Gasteiger partial charge >= 0.3 is 5.69 Å². The Morgan fingerprint density at radius 2 is 2.17 bits per heavy atom. The molecule has 0 atom stereocenters. The lowest BCUT2D eigenvalue weighted by atomic mass is 10.2. The van der Waals surface area contributed by atoms with Crippen LogP contribution in [0.3, 0.4) is 0 Å². The van der Waals surface area contributed by atoms with Gasteiger partial charge in [-0.15, -0.1) is 11.3 Å². The van der Waals surface area contributed by atoms with Gasteiger partial charge in [-0.25, -0.2) is 4.79 Å². The second-order valence-electron chi connectivity index (χ2n) is 3.81. The van der Waals surface area contributed by atoms with Crippen molar-refractivity contribution in [1.29, 1.82) is 0 Å². The van der Waals surface area contributed by atoms with Gasteiger partial charge in [0.1, 0.15) is 0 Å². The van der Waals surface area contributed by atoms with E-state index in [1.54, 1.807) is 6.07 Å². The normalized spacial score (nSPS) is 10.4. The fourth-order valence-electron chi connectivity index (χ4n) is 1.59. The maximum atomic E-state index is 11.7. The van der Waals surface area contributed by atoms with Gasteiger partial charge in [0.15, 0.2) is 5.78 Å². The predicted octanol–water partition coefficient (Wildman–Crippen LogP) is 1.26. The van der Waals surface area contributed by atoms with Crippen LogP contribution >= 0.6 is 11.3 Å². The second-order valence-corrected chi connectivity index (χ2v) is 4.76. The zero-order valence-corrected chi connectivity index (χ0v) is 10.4. The molecule has 0 saturated carbocycles. The Hall–Kier alpha value is -1.95. The maximum Gasteiger partial charge on any atom is 0.328 e. The molecule has 0 radical (unpaired) electrons. The Kier molecular flexibility index (Phi) is 3.88. The average Bonchev–Trinajstić information content (AvgIpc) is 2.85. The van der Waals surface area contributed by atoms with Crippen molar-refractivity contribution < 1.29 is 4.79 Å². The van der Waals surface area contributed by atoms with Crippen molar-refractivity contribution in [3.8, 4) is 0 Å². The van der Waals surface area contributed by atoms with E-state index in [0.29, 0.717) is 19.4 Å². The van der Waals surface area contributed by atoms with Gasteiger partial charge in [0.2, 0.25) is 0 Å². The SMILES string of the molecule is O=C(CCCn1ccc(=O)[nH]c1=O)c1cccs1. The summed E-state index contributed by atoms with van der Waals surface area (Å²) in [6, 6.07) is 4.92. The van der Waals surface area contributed by atoms with Gasteiger partial charge < -0.3 is 4.57 Å². The van der Waals surface area contributed by atoms with Crippen molar-refractivity contribution >= 4 is 17.1 Å². The smallest absolute Gasteiger partial charge is 0.301 e. The minimum Gasteiger partial charge on any atom is -0.301 e. The molecule has 2 aromatic heterocycles. The van der Waals surface area contributed by atoms with Crippen molar-refractivity contribution in [1.82, 2.24) is 9.55 Å². The summed E-state index contributed by atoms with van der Waals surface area (Å²) < 4.78 is 1.39. The highest BCUT2D eigenvalue weighted by atomic mass is 32.1. The summed E-state index contributed by atoms with van der Waals surface area (Å²) in [7, 11) is 0. The summed E-state index contributed by atoms with van der Waals surface area (Å²) >= 11 is 1.42. The van der Waals surface area contributed by atoms with Crippen LogP contribution in [0.2, 0.25) is 0 Å². The first-order valence-electron chi connectivity index (χ1n) is 5.53. The van der Waals surface area contributed by atoms with E-state index in [1.165, 1.54) is 28.2 Å². The Balaban J connectivity index is 1.91. The number of hydrogen-bond donors (Lipinski definition) is 1. The van der Waals surface area contributed by atoms with Crippen molar-refractivity contribution in [2.75, 3.05) is 0 Å². The lowest BCUT2D eigenvalue weighted by Crippen LogP contribution is -2.28. The number of thiophene rings is 1. The van der Waals surface area contributed by atoms with Crippen LogP contribution in [0.15, 0.2) is 39.4 Å². The van der Waals surface area contributed by atoms with Crippen LogP contribution in [0.1, 0.15) is 22.5 Å². The average molecular weight is 264 g/mol. The lowest BCUT2D eigenvalue weighted by molar-refractivity contribution is 0.0982. The van der Waals surface area contributed by atoms with E-state index in [1.807, 2.05) is 11.4 Å². The molecule has 94 valence electrons. The van der Waals surface area contributed by atoms with Crippen LogP contribution in [0.25, 0.3) is 0 Å². The number of aryl methyl sites for hydroxylation is 1. The lowest BCUT2D eigenvalue weighted by Gasteiger charge is -2.03. The quantitative estimate of drug-likeness (QED) is 0.826. The highest BCUT2D eigenvalue weighted by molar-refractivity contribution is 7.12. The first-order valence-corrected chi connectivity index (χ1v) is 6.41. The fourth-order valence-corrected chi connectivity index (χ4v) is 2.29. The van der Waals surface area contributed by atoms with Gasteiger partial charge in [0, 0.05) is 25.2 Å². The van der Waals surface area contributed by atoms with Gasteiger partial charge in [-0.3, -0.25) is 14.6 Å². The van der Waals surface area contributed by atoms with Crippen molar-refractivity contribution in [2.24, 2.45) is 0 Å². The largest absolute Gasteiger partial charge is 0.328 e. The second kappa shape index (κ2) is 5.59. The van der Waals surface area contributed by atoms with Gasteiger partial charge in [0.25, 0.3) is 5.56 Å². The number of hydrogen-bond acceptors (Lipinski definition) is 4. The molecule has 0 saturated heterocycles. The predicted molar refractivity (Wildman–Crippen MR) is 69.2 cm³/mol. The summed E-state index contributed by atoms with van der Waals surface area (Å²) in [4.78, 5) is 36.8. The molecule has 5 nitrogen and oxygen atoms in total. The van der Waals surface area contributed by atoms with Gasteiger partial charge in [-0.2, -0.15) is 0 Å². The number of H-pyrrole nitrogens is 1. The first kappa shape index (κ1) is 12.5. The molecule has 0 amide bonds. The summed E-state index contributed by atoms with van der Waals surface area (Å²) in [5.41, 5.74) is -0.850. The number of aromatic nitrogens is 2. The number of carbonyl (C=O) groups excluding carboxylic acids is 1. The number of ketones is 1. The van der Waals surface area contributed by atoms with Crippen LogP contribution in [0.5, 0.6) is 0 Å². The van der Waals surface area contributed by atoms with E-state index in [9.17, 15) is 14.4 Å². The summed E-state index contributed by atoms with van der Waals surface area (Å²) in [6.07, 6.45) is 2.41. The van der Waals surface area contributed by atoms with Gasteiger partial charge in [-0.1, -0.05) is 6.07 Å². The number of rotatable bonds is 5. The Labute approximate surface area is 107 Å². The minimum absolute atomic E-state index is 0.0856. The Morgan fingerprint density at radius 3 is 2.83 bits per heavy atom. The molecule has 0 bridgehead atoms. The van der Waals surface area contributed by atoms with Crippen LogP contribution in [0.4, 0.5) is 0 Å². The van der Waals surface area contributed by atoms with E-state index in [2.05, 4.69) is 4.98 Å². The van der Waals surface area contributed by atoms with E-state index < -0.39 is 11.2 Å². The molecule has 0 aliphatic rings. The van der Waals surface area contributed by atoms with E-state index in [-0.39, 0.29) is 5.78 Å². The number of nitrogens with one attached hydrogen (secondary N) is 1. The monoisotopic (exact) mass is 264 g/mol. The number of carbonyl (C=O) groups is 1. The summed E-state index contributed by atoms with van der Waals surface area (Å²) in [6.45, 7) is 0.423. The molecular formula is C12H12N2O3S. The van der Waals surface area contributed by atoms with Crippen molar-refractivity contribution in [2.45, 2.75) is 19.4 Å². The third-order valence-corrected chi connectivity index (χ3v) is 3.41. The molecule has 0 aromatic carbocycles. The Bertz CT molecular complexity index is 640. The van der Waals surface area contributed by atoms with Crippen LogP contribution in [-0.2, 0) is 6.54 Å². The third-order valence-electron chi connectivity index (χ3n) is 2.50. The van der Waals surface area contributed by atoms with Gasteiger partial charge in [-0.05, 0) is 17.9 Å². The van der Waals surface area contributed by atoms with Gasteiger partial charge in [0.05, 0.1) is 4.88 Å². The van der Waals surface area contributed by atoms with Crippen LogP contribution in [-0.4, -0.2) is 15.3 Å². The van der Waals surface area contributed by atoms with Crippen LogP contribution in [0, 0.1) is 0 Å². The van der Waals surface area contributed by atoms with Crippen molar-refractivity contribution in [3.63, 3.8) is 0 Å². The number of aromatic amines is 1. The van der Waals surface area contributed by atoms with E-state index in [0.717, 1.165) is 4.88 Å². The highest BCUT2D eigenvalue weighted by Gasteiger charge is 2.06. The molecular weight excluding hydrogens is 252 g/mol. The topological polar surface area (TPSA) is 71.9 Å². The molecule has 0 unspecified atom stereocenters. The molecule has 2 heterocycles. The molecule has 0 aliphatic carbocycles. The molecule has 18 heavy (non-hydrogen) atoms. The first-order chi connectivity index (χ1) is 8.66. The van der Waals surface area contributed by atoms with E-state index >= 15 is 0 Å². The van der Waals surface area contributed by atoms with Crippen molar-refractivity contribution in [3.05, 3.63) is 55.5 Å². The molecule has 0 spiro atoms.